The maximum atomic E-state index is 11.6. The summed E-state index contributed by atoms with van der Waals surface area (Å²) in [4.78, 5) is 37.9. The first-order chi connectivity index (χ1) is 10.3. The van der Waals surface area contributed by atoms with Crippen molar-refractivity contribution in [2.24, 2.45) is 0 Å². The fourth-order valence-corrected chi connectivity index (χ4v) is 1.49. The molecule has 0 aromatic carbocycles. The van der Waals surface area contributed by atoms with Crippen LogP contribution in [0, 0.1) is 0 Å². The Morgan fingerprint density at radius 1 is 0.864 bits per heavy atom. The highest BCUT2D eigenvalue weighted by Crippen LogP contribution is 2.18. The Morgan fingerprint density at radius 3 is 1.73 bits per heavy atom. The van der Waals surface area contributed by atoms with Gasteiger partial charge in [0.1, 0.15) is 20.2 Å². The smallest absolute Gasteiger partial charge is 0.245 e. The number of nitrogens with zero attached hydrogens (tertiary/aromatic N) is 6. The van der Waals surface area contributed by atoms with Gasteiger partial charge in [-0.25, -0.2) is 4.90 Å². The average molecular weight is 314 g/mol. The Balaban J connectivity index is 3.46. The number of amides is 2. The SMILES string of the molecule is CC(=O)N(C(C)=O)c1nc(N(C)CO)nc(N(CO)CO)n1. The summed E-state index contributed by atoms with van der Waals surface area (Å²) in [6, 6.07) is 0. The highest BCUT2D eigenvalue weighted by molar-refractivity contribution is 6.11. The van der Waals surface area contributed by atoms with Crippen LogP contribution >= 0.6 is 0 Å². The Labute approximate surface area is 126 Å². The number of aliphatic hydroxyl groups is 3. The fourth-order valence-electron chi connectivity index (χ4n) is 1.49. The largest absolute Gasteiger partial charge is 0.376 e. The van der Waals surface area contributed by atoms with Crippen molar-refractivity contribution < 1.29 is 24.9 Å². The van der Waals surface area contributed by atoms with Crippen molar-refractivity contribution in [2.45, 2.75) is 13.8 Å². The zero-order chi connectivity index (χ0) is 16.9. The van der Waals surface area contributed by atoms with Crippen LogP contribution in [0.5, 0.6) is 0 Å². The molecule has 0 aliphatic rings. The number of carbonyl (C=O) groups is 2. The molecule has 0 unspecified atom stereocenters. The van der Waals surface area contributed by atoms with Gasteiger partial charge in [-0.05, 0) is 0 Å². The monoisotopic (exact) mass is 314 g/mol. The van der Waals surface area contributed by atoms with Crippen molar-refractivity contribution in [3.63, 3.8) is 0 Å². The average Bonchev–Trinajstić information content (AvgIpc) is 2.46. The molecule has 22 heavy (non-hydrogen) atoms. The summed E-state index contributed by atoms with van der Waals surface area (Å²) in [6.45, 7) is 0.707. The van der Waals surface area contributed by atoms with E-state index in [2.05, 4.69) is 15.0 Å². The topological polar surface area (TPSA) is 143 Å². The minimum Gasteiger partial charge on any atom is -0.376 e. The van der Waals surface area contributed by atoms with Gasteiger partial charge in [0.05, 0.1) is 0 Å². The quantitative estimate of drug-likeness (QED) is 0.498. The van der Waals surface area contributed by atoms with Crippen LogP contribution < -0.4 is 14.7 Å². The van der Waals surface area contributed by atoms with E-state index in [1.54, 1.807) is 0 Å². The molecule has 0 saturated carbocycles. The van der Waals surface area contributed by atoms with Gasteiger partial charge in [0, 0.05) is 20.9 Å². The highest BCUT2D eigenvalue weighted by Gasteiger charge is 2.23. The molecule has 11 heteroatoms. The van der Waals surface area contributed by atoms with Crippen molar-refractivity contribution in [1.29, 1.82) is 0 Å². The predicted octanol–water partition coefficient (Wildman–Crippen LogP) is -2.14. The molecule has 2 amide bonds. The molecule has 0 aliphatic heterocycles. The third-order valence-corrected chi connectivity index (χ3v) is 2.61. The zero-order valence-electron chi connectivity index (χ0n) is 12.5. The molecule has 0 atom stereocenters. The summed E-state index contributed by atoms with van der Waals surface area (Å²) in [5.74, 6) is -1.68. The first-order valence-electron chi connectivity index (χ1n) is 6.21. The summed E-state index contributed by atoms with van der Waals surface area (Å²) in [5, 5.41) is 27.5. The second-order valence-corrected chi connectivity index (χ2v) is 4.27. The second kappa shape index (κ2) is 7.59. The number of aromatic nitrogens is 3. The molecule has 122 valence electrons. The molecule has 0 spiro atoms. The molecule has 0 fully saturated rings. The highest BCUT2D eigenvalue weighted by atomic mass is 16.3. The van der Waals surface area contributed by atoms with Gasteiger partial charge in [-0.2, -0.15) is 15.0 Å². The fraction of sp³-hybridized carbons (Fsp3) is 0.545. The second-order valence-electron chi connectivity index (χ2n) is 4.27. The van der Waals surface area contributed by atoms with Crippen LogP contribution in [-0.2, 0) is 9.59 Å². The lowest BCUT2D eigenvalue weighted by Crippen LogP contribution is -2.36. The van der Waals surface area contributed by atoms with Crippen LogP contribution in [0.15, 0.2) is 0 Å². The van der Waals surface area contributed by atoms with Crippen LogP contribution in [0.25, 0.3) is 0 Å². The van der Waals surface area contributed by atoms with Gasteiger partial charge in [-0.1, -0.05) is 0 Å². The number of anilines is 3. The Morgan fingerprint density at radius 2 is 1.32 bits per heavy atom. The number of hydrogen-bond donors (Lipinski definition) is 3. The van der Waals surface area contributed by atoms with Crippen molar-refractivity contribution in [3.05, 3.63) is 0 Å². The van der Waals surface area contributed by atoms with Gasteiger partial charge in [0.2, 0.25) is 29.7 Å². The van der Waals surface area contributed by atoms with Crippen molar-refractivity contribution >= 4 is 29.7 Å². The van der Waals surface area contributed by atoms with E-state index in [4.69, 9.17) is 15.3 Å². The maximum Gasteiger partial charge on any atom is 0.245 e. The van der Waals surface area contributed by atoms with Crippen LogP contribution in [-0.4, -0.2) is 69.3 Å². The molecule has 0 bridgehead atoms. The molecule has 3 N–H and O–H groups in total. The summed E-state index contributed by atoms with van der Waals surface area (Å²) in [6.07, 6.45) is 0. The van der Waals surface area contributed by atoms with Gasteiger partial charge in [-0.15, -0.1) is 0 Å². The van der Waals surface area contributed by atoms with E-state index in [9.17, 15) is 9.59 Å². The summed E-state index contributed by atoms with van der Waals surface area (Å²) in [5.41, 5.74) is 0. The lowest BCUT2D eigenvalue weighted by molar-refractivity contribution is -0.124. The molecule has 1 aromatic rings. The van der Waals surface area contributed by atoms with E-state index in [0.29, 0.717) is 4.90 Å². The third-order valence-electron chi connectivity index (χ3n) is 2.61. The Hall–Kier alpha value is -2.37. The van der Waals surface area contributed by atoms with Gasteiger partial charge < -0.3 is 20.2 Å². The first-order valence-corrected chi connectivity index (χ1v) is 6.21. The molecule has 11 nitrogen and oxygen atoms in total. The lowest BCUT2D eigenvalue weighted by Gasteiger charge is -2.22. The third kappa shape index (κ3) is 3.84. The zero-order valence-corrected chi connectivity index (χ0v) is 12.5. The van der Waals surface area contributed by atoms with Crippen LogP contribution in [0.2, 0.25) is 0 Å². The van der Waals surface area contributed by atoms with Gasteiger partial charge >= 0.3 is 0 Å². The van der Waals surface area contributed by atoms with Gasteiger partial charge in [-0.3, -0.25) is 14.5 Å². The molecular weight excluding hydrogens is 296 g/mol. The van der Waals surface area contributed by atoms with Crippen LogP contribution in [0.3, 0.4) is 0 Å². The van der Waals surface area contributed by atoms with Crippen LogP contribution in [0.1, 0.15) is 13.8 Å². The first kappa shape index (κ1) is 17.7. The van der Waals surface area contributed by atoms with Crippen molar-refractivity contribution in [3.8, 4) is 0 Å². The molecule has 1 rings (SSSR count). The number of aliphatic hydroxyl groups excluding tert-OH is 3. The lowest BCUT2D eigenvalue weighted by atomic mass is 10.5. The maximum absolute atomic E-state index is 11.6. The molecule has 0 aliphatic carbocycles. The number of hydrogen-bond acceptors (Lipinski definition) is 10. The Kier molecular flexibility index (Phi) is 6.10. The summed E-state index contributed by atoms with van der Waals surface area (Å²) >= 11 is 0. The van der Waals surface area contributed by atoms with E-state index < -0.39 is 32.0 Å². The molecule has 1 aromatic heterocycles. The molecule has 0 radical (unpaired) electrons. The number of imide groups is 1. The molecule has 1 heterocycles. The van der Waals surface area contributed by atoms with E-state index in [1.807, 2.05) is 0 Å². The van der Waals surface area contributed by atoms with Crippen LogP contribution in [0.4, 0.5) is 17.8 Å². The van der Waals surface area contributed by atoms with E-state index >= 15 is 0 Å². The number of rotatable bonds is 6. The Bertz CT molecular complexity index is 536. The van der Waals surface area contributed by atoms with E-state index in [0.717, 1.165) is 18.7 Å². The molecular formula is C11H18N6O5. The van der Waals surface area contributed by atoms with Crippen molar-refractivity contribution in [2.75, 3.05) is 41.9 Å². The van der Waals surface area contributed by atoms with Crippen molar-refractivity contribution in [1.82, 2.24) is 15.0 Å². The summed E-state index contributed by atoms with van der Waals surface area (Å²) < 4.78 is 0. The number of carbonyl (C=O) groups excluding carboxylic acids is 2. The summed E-state index contributed by atoms with van der Waals surface area (Å²) in [7, 11) is 1.47. The predicted molar refractivity (Wildman–Crippen MR) is 75.8 cm³/mol. The molecule has 0 saturated heterocycles. The van der Waals surface area contributed by atoms with E-state index in [1.165, 1.54) is 11.9 Å². The van der Waals surface area contributed by atoms with Gasteiger partial charge in [0.25, 0.3) is 0 Å². The normalized spacial score (nSPS) is 10.3. The minimum absolute atomic E-state index is 0.0399. The standard InChI is InChI=1S/C11H18N6O5/c1-7(21)17(8(2)22)11-13-9(15(3)4-18)12-10(14-11)16(5-19)6-20/h18-20H,4-6H2,1-3H3. The van der Waals surface area contributed by atoms with Gasteiger partial charge in [0.15, 0.2) is 0 Å². The van der Waals surface area contributed by atoms with E-state index in [-0.39, 0.29) is 17.8 Å². The minimum atomic E-state index is -0.609.